The average Bonchev–Trinajstić information content (AvgIpc) is 3.12. The highest BCUT2D eigenvalue weighted by Gasteiger charge is 2.60. The molecule has 1 amide bonds. The number of benzene rings is 1. The molecule has 3 atom stereocenters. The molecule has 2 unspecified atom stereocenters. The second-order valence-corrected chi connectivity index (χ2v) is 8.39. The average molecular weight is 419 g/mol. The number of ether oxygens (including phenoxy) is 2. The monoisotopic (exact) mass is 418 g/mol. The molecule has 1 aromatic carbocycles. The van der Waals surface area contributed by atoms with Gasteiger partial charge in [-0.3, -0.25) is 4.79 Å². The van der Waals surface area contributed by atoms with Gasteiger partial charge in [0.2, 0.25) is 6.04 Å². The van der Waals surface area contributed by atoms with E-state index in [1.807, 2.05) is 6.92 Å². The predicted octanol–water partition coefficient (Wildman–Crippen LogP) is 3.18. The Balaban J connectivity index is 2.63. The van der Waals surface area contributed by atoms with Gasteiger partial charge in [-0.25, -0.2) is 14.1 Å². The molecule has 2 rings (SSSR count). The van der Waals surface area contributed by atoms with Crippen LogP contribution in [0.25, 0.3) is 0 Å². The molecule has 1 fully saturated rings. The first-order chi connectivity index (χ1) is 14.1. The molecular formula is C23H32NO6+. The van der Waals surface area contributed by atoms with Gasteiger partial charge >= 0.3 is 11.9 Å². The van der Waals surface area contributed by atoms with Crippen LogP contribution in [-0.4, -0.2) is 60.6 Å². The Morgan fingerprint density at radius 3 is 2.43 bits per heavy atom. The first kappa shape index (κ1) is 23.6. The van der Waals surface area contributed by atoms with Crippen LogP contribution in [0.4, 0.5) is 0 Å². The summed E-state index contributed by atoms with van der Waals surface area (Å²) in [7, 11) is 3.04. The van der Waals surface area contributed by atoms with Gasteiger partial charge in [0.25, 0.3) is 5.78 Å². The number of carboxylic acid groups (broad SMARTS) is 1. The number of hydrogen-bond donors (Lipinski definition) is 1. The lowest BCUT2D eigenvalue weighted by atomic mass is 9.83. The summed E-state index contributed by atoms with van der Waals surface area (Å²) in [5.74, 6) is -1.76. The van der Waals surface area contributed by atoms with Crippen molar-refractivity contribution in [3.05, 3.63) is 36.4 Å². The summed E-state index contributed by atoms with van der Waals surface area (Å²) in [4.78, 5) is 39.0. The number of likely N-dealkylation sites (tertiary alicyclic amines) is 1. The third kappa shape index (κ3) is 3.99. The van der Waals surface area contributed by atoms with Crippen LogP contribution >= 0.6 is 0 Å². The predicted molar refractivity (Wildman–Crippen MR) is 113 cm³/mol. The molecule has 30 heavy (non-hydrogen) atoms. The summed E-state index contributed by atoms with van der Waals surface area (Å²) in [5.41, 5.74) is -0.207. The van der Waals surface area contributed by atoms with Gasteiger partial charge < -0.3 is 14.6 Å². The van der Waals surface area contributed by atoms with Gasteiger partial charge in [-0.1, -0.05) is 27.4 Å². The van der Waals surface area contributed by atoms with Crippen molar-refractivity contribution < 1.29 is 33.4 Å². The molecule has 1 N–H and O–H groups in total. The second-order valence-electron chi connectivity index (χ2n) is 8.39. The van der Waals surface area contributed by atoms with Crippen LogP contribution in [0.5, 0.6) is 11.5 Å². The van der Waals surface area contributed by atoms with Gasteiger partial charge in [-0.05, 0) is 30.7 Å². The molecule has 1 aliphatic rings. The van der Waals surface area contributed by atoms with E-state index in [9.17, 15) is 19.5 Å². The lowest BCUT2D eigenvalue weighted by molar-refractivity contribution is -0.849. The number of aliphatic carboxylic acids is 1. The van der Waals surface area contributed by atoms with E-state index in [0.29, 0.717) is 29.9 Å². The number of nitrogens with zero attached hydrogens (tertiary/aromatic N) is 1. The van der Waals surface area contributed by atoms with E-state index in [2.05, 4.69) is 6.58 Å². The van der Waals surface area contributed by atoms with Crippen molar-refractivity contribution in [2.45, 2.75) is 45.6 Å². The normalized spacial score (nSPS) is 23.6. The van der Waals surface area contributed by atoms with Gasteiger partial charge in [0.15, 0.2) is 0 Å². The summed E-state index contributed by atoms with van der Waals surface area (Å²) >= 11 is 0. The lowest BCUT2D eigenvalue weighted by Gasteiger charge is -2.37. The minimum absolute atomic E-state index is 0.0735. The zero-order valence-electron chi connectivity index (χ0n) is 18.4. The van der Waals surface area contributed by atoms with Crippen molar-refractivity contribution in [3.63, 3.8) is 0 Å². The van der Waals surface area contributed by atoms with Crippen LogP contribution in [-0.2, 0) is 14.4 Å². The van der Waals surface area contributed by atoms with Crippen LogP contribution < -0.4 is 9.47 Å². The maximum Gasteiger partial charge on any atom is 0.383 e. The molecule has 1 saturated heterocycles. The molecule has 0 bridgehead atoms. The van der Waals surface area contributed by atoms with Crippen molar-refractivity contribution in [1.29, 1.82) is 0 Å². The number of carbonyl (C=O) groups is 3. The standard InChI is InChI=1S/C23H31NO6/c1-7-12-24(21(26)20(25)23(3,4)8-2)13-11-16(19(24)22(27)28)17-14-15(29-5)9-10-18(17)30-6/h7,9-10,14,16,19H,1,8,11-13H2,2-6H3/p+1/t16?,19-,24?/m0/s1. The van der Waals surface area contributed by atoms with Crippen LogP contribution in [0.2, 0.25) is 0 Å². The molecule has 0 aromatic heterocycles. The Labute approximate surface area is 177 Å². The maximum atomic E-state index is 13.5. The summed E-state index contributed by atoms with van der Waals surface area (Å²) in [6.07, 6.45) is 2.42. The highest BCUT2D eigenvalue weighted by molar-refractivity contribution is 6.35. The highest BCUT2D eigenvalue weighted by Crippen LogP contribution is 2.44. The fourth-order valence-electron chi connectivity index (χ4n) is 4.25. The molecule has 164 valence electrons. The number of quaternary nitrogens is 1. The molecule has 0 radical (unpaired) electrons. The Bertz CT molecular complexity index is 846. The molecule has 0 saturated carbocycles. The van der Waals surface area contributed by atoms with Gasteiger partial charge in [-0.2, -0.15) is 0 Å². The zero-order valence-corrected chi connectivity index (χ0v) is 18.4. The fraction of sp³-hybridized carbons (Fsp3) is 0.522. The van der Waals surface area contributed by atoms with Gasteiger partial charge in [-0.15, -0.1) is 0 Å². The quantitative estimate of drug-likeness (QED) is 0.376. The Hall–Kier alpha value is -2.67. The largest absolute Gasteiger partial charge is 0.497 e. The van der Waals surface area contributed by atoms with Crippen molar-refractivity contribution in [2.75, 3.05) is 27.3 Å². The van der Waals surface area contributed by atoms with Crippen molar-refractivity contribution in [1.82, 2.24) is 0 Å². The topological polar surface area (TPSA) is 89.9 Å². The van der Waals surface area contributed by atoms with E-state index < -0.39 is 39.5 Å². The maximum absolute atomic E-state index is 13.5. The molecule has 1 aliphatic heterocycles. The van der Waals surface area contributed by atoms with Crippen LogP contribution in [0.3, 0.4) is 0 Å². The number of carbonyl (C=O) groups excluding carboxylic acids is 2. The molecule has 7 nitrogen and oxygen atoms in total. The summed E-state index contributed by atoms with van der Waals surface area (Å²) in [6, 6.07) is 4.07. The third-order valence-electron chi connectivity index (χ3n) is 6.39. The van der Waals surface area contributed by atoms with Gasteiger partial charge in [0.1, 0.15) is 18.0 Å². The Kier molecular flexibility index (Phi) is 7.08. The van der Waals surface area contributed by atoms with Crippen LogP contribution in [0.1, 0.15) is 45.1 Å². The third-order valence-corrected chi connectivity index (χ3v) is 6.39. The van der Waals surface area contributed by atoms with E-state index >= 15 is 0 Å². The minimum Gasteiger partial charge on any atom is -0.497 e. The van der Waals surface area contributed by atoms with E-state index in [-0.39, 0.29) is 13.1 Å². The zero-order chi connectivity index (χ0) is 22.7. The number of Topliss-reactive ketones (excluding diaryl/α,β-unsaturated/α-hetero) is 1. The van der Waals surface area contributed by atoms with E-state index in [4.69, 9.17) is 9.47 Å². The smallest absolute Gasteiger partial charge is 0.383 e. The molecule has 0 aliphatic carbocycles. The van der Waals surface area contributed by atoms with Gasteiger partial charge in [0, 0.05) is 17.4 Å². The van der Waals surface area contributed by atoms with E-state index in [1.165, 1.54) is 20.3 Å². The molecule has 1 aromatic rings. The highest BCUT2D eigenvalue weighted by atomic mass is 16.5. The molecule has 1 heterocycles. The summed E-state index contributed by atoms with van der Waals surface area (Å²) in [5, 5.41) is 10.2. The molecule has 7 heteroatoms. The van der Waals surface area contributed by atoms with Crippen molar-refractivity contribution >= 4 is 17.7 Å². The first-order valence-corrected chi connectivity index (χ1v) is 10.1. The number of rotatable bonds is 9. The van der Waals surface area contributed by atoms with Crippen LogP contribution in [0, 0.1) is 5.41 Å². The SMILES string of the molecule is C=CC[N+]1(C(=O)C(=O)C(C)(C)CC)CCC(c2cc(OC)ccc2OC)[C@H]1C(=O)O. The van der Waals surface area contributed by atoms with Crippen LogP contribution in [0.15, 0.2) is 30.9 Å². The summed E-state index contributed by atoms with van der Waals surface area (Å²) < 4.78 is 10.3. The first-order valence-electron chi connectivity index (χ1n) is 10.1. The lowest BCUT2D eigenvalue weighted by Crippen LogP contribution is -2.63. The number of methoxy groups -OCH3 is 2. The summed E-state index contributed by atoms with van der Waals surface area (Å²) in [6.45, 7) is 9.30. The Morgan fingerprint density at radius 1 is 1.27 bits per heavy atom. The number of amides is 1. The number of carboxylic acids is 1. The molecular weight excluding hydrogens is 386 g/mol. The minimum atomic E-state index is -1.13. The van der Waals surface area contributed by atoms with Gasteiger partial charge in [0.05, 0.1) is 26.7 Å². The van der Waals surface area contributed by atoms with Crippen molar-refractivity contribution in [3.8, 4) is 11.5 Å². The second kappa shape index (κ2) is 9.00. The fourth-order valence-corrected chi connectivity index (χ4v) is 4.25. The van der Waals surface area contributed by atoms with Crippen molar-refractivity contribution in [2.24, 2.45) is 5.41 Å². The van der Waals surface area contributed by atoms with E-state index in [0.717, 1.165) is 0 Å². The number of ketones is 1. The number of hydrogen-bond acceptors (Lipinski definition) is 5. The van der Waals surface area contributed by atoms with E-state index in [1.54, 1.807) is 32.0 Å². The Morgan fingerprint density at radius 2 is 1.93 bits per heavy atom. The molecule has 0 spiro atoms.